The number of fused-ring (bicyclic) bond motifs is 1. The number of benzene rings is 1. The first kappa shape index (κ1) is 11.0. The molecule has 0 aliphatic rings. The Kier molecular flexibility index (Phi) is 2.82. The summed E-state index contributed by atoms with van der Waals surface area (Å²) in [4.78, 5) is 0. The van der Waals surface area contributed by atoms with E-state index in [0.29, 0.717) is 0 Å². The van der Waals surface area contributed by atoms with Crippen molar-refractivity contribution in [2.45, 2.75) is 6.54 Å². The van der Waals surface area contributed by atoms with Gasteiger partial charge in [-0.3, -0.25) is 0 Å². The van der Waals surface area contributed by atoms with Gasteiger partial charge in [0.05, 0.1) is 5.52 Å². The van der Waals surface area contributed by atoms with Gasteiger partial charge in [-0.1, -0.05) is 18.2 Å². The van der Waals surface area contributed by atoms with Crippen LogP contribution < -0.4 is 5.32 Å². The molecule has 0 bridgehead atoms. The lowest BCUT2D eigenvalue weighted by Gasteiger charge is -2.06. The molecule has 3 nitrogen and oxygen atoms in total. The highest BCUT2D eigenvalue weighted by molar-refractivity contribution is 5.69. The molecule has 3 aromatic rings. The zero-order valence-electron chi connectivity index (χ0n) is 10.3. The van der Waals surface area contributed by atoms with E-state index >= 15 is 0 Å². The summed E-state index contributed by atoms with van der Waals surface area (Å²) in [5, 5.41) is 7.38. The zero-order valence-corrected chi connectivity index (χ0v) is 10.3. The molecular formula is C15H15N3. The maximum absolute atomic E-state index is 4.21. The fraction of sp³-hybridized carbons (Fsp3) is 0.133. The number of aromatic nitrogens is 2. The summed E-state index contributed by atoms with van der Waals surface area (Å²) in [5.41, 5.74) is 4.88. The lowest BCUT2D eigenvalue weighted by molar-refractivity contribution is 0.818. The molecule has 3 heteroatoms. The largest absolute Gasteiger partial charge is 0.316 e. The van der Waals surface area contributed by atoms with Crippen LogP contribution in [0.2, 0.25) is 0 Å². The van der Waals surface area contributed by atoms with E-state index in [2.05, 4.69) is 46.8 Å². The summed E-state index contributed by atoms with van der Waals surface area (Å²) < 4.78 is 1.88. The molecule has 18 heavy (non-hydrogen) atoms. The van der Waals surface area contributed by atoms with Crippen LogP contribution in [0.1, 0.15) is 5.56 Å². The Balaban J connectivity index is 2.04. The molecule has 0 unspecified atom stereocenters. The van der Waals surface area contributed by atoms with E-state index in [0.717, 1.165) is 12.1 Å². The number of hydrogen-bond acceptors (Lipinski definition) is 2. The molecule has 0 aliphatic carbocycles. The van der Waals surface area contributed by atoms with Crippen LogP contribution in [0.4, 0.5) is 0 Å². The second kappa shape index (κ2) is 4.63. The van der Waals surface area contributed by atoms with E-state index in [1.165, 1.54) is 16.7 Å². The molecule has 90 valence electrons. The molecule has 3 rings (SSSR count). The fourth-order valence-electron chi connectivity index (χ4n) is 2.17. The lowest BCUT2D eigenvalue weighted by Crippen LogP contribution is -2.04. The SMILES string of the molecule is CNCc1cccc(-c2ccn3nccc3c2)c1. The second-order valence-corrected chi connectivity index (χ2v) is 4.35. The Morgan fingerprint density at radius 2 is 2.00 bits per heavy atom. The molecule has 0 fully saturated rings. The third-order valence-corrected chi connectivity index (χ3v) is 3.04. The van der Waals surface area contributed by atoms with Gasteiger partial charge in [-0.15, -0.1) is 0 Å². The molecule has 2 heterocycles. The third-order valence-electron chi connectivity index (χ3n) is 3.04. The number of nitrogens with one attached hydrogen (secondary N) is 1. The summed E-state index contributed by atoms with van der Waals surface area (Å²) >= 11 is 0. The van der Waals surface area contributed by atoms with E-state index in [1.54, 1.807) is 0 Å². The Morgan fingerprint density at radius 1 is 1.11 bits per heavy atom. The average molecular weight is 237 g/mol. The van der Waals surface area contributed by atoms with E-state index in [1.807, 2.05) is 30.0 Å². The zero-order chi connectivity index (χ0) is 12.4. The van der Waals surface area contributed by atoms with Crippen molar-refractivity contribution in [1.29, 1.82) is 0 Å². The van der Waals surface area contributed by atoms with Crippen molar-refractivity contribution >= 4 is 5.52 Å². The van der Waals surface area contributed by atoms with Crippen LogP contribution in [0.15, 0.2) is 54.9 Å². The van der Waals surface area contributed by atoms with Gasteiger partial charge >= 0.3 is 0 Å². The average Bonchev–Trinajstić information content (AvgIpc) is 2.86. The number of pyridine rings is 1. The van der Waals surface area contributed by atoms with Crippen molar-refractivity contribution in [2.24, 2.45) is 0 Å². The van der Waals surface area contributed by atoms with E-state index in [9.17, 15) is 0 Å². The van der Waals surface area contributed by atoms with E-state index in [-0.39, 0.29) is 0 Å². The summed E-state index contributed by atoms with van der Waals surface area (Å²) in [7, 11) is 1.96. The van der Waals surface area contributed by atoms with Crippen LogP contribution in [0, 0.1) is 0 Å². The molecule has 1 aromatic carbocycles. The van der Waals surface area contributed by atoms with E-state index in [4.69, 9.17) is 0 Å². The molecule has 0 atom stereocenters. The van der Waals surface area contributed by atoms with E-state index < -0.39 is 0 Å². The normalized spacial score (nSPS) is 10.9. The molecule has 0 spiro atoms. The summed E-state index contributed by atoms with van der Waals surface area (Å²) in [6.45, 7) is 0.892. The molecule has 0 radical (unpaired) electrons. The van der Waals surface area contributed by atoms with Gasteiger partial charge in [0.25, 0.3) is 0 Å². The van der Waals surface area contributed by atoms with Crippen LogP contribution in [-0.4, -0.2) is 16.7 Å². The minimum Gasteiger partial charge on any atom is -0.316 e. The van der Waals surface area contributed by atoms with Crippen LogP contribution >= 0.6 is 0 Å². The first-order valence-electron chi connectivity index (χ1n) is 6.04. The van der Waals surface area contributed by atoms with Crippen molar-refractivity contribution in [3.05, 3.63) is 60.4 Å². The summed E-state index contributed by atoms with van der Waals surface area (Å²) in [5.74, 6) is 0. The van der Waals surface area contributed by atoms with Crippen molar-refractivity contribution < 1.29 is 0 Å². The summed E-state index contributed by atoms with van der Waals surface area (Å²) in [6, 6.07) is 14.9. The lowest BCUT2D eigenvalue weighted by atomic mass is 10.0. The van der Waals surface area contributed by atoms with Crippen LogP contribution in [0.25, 0.3) is 16.6 Å². The Hall–Kier alpha value is -2.13. The van der Waals surface area contributed by atoms with Crippen molar-refractivity contribution in [2.75, 3.05) is 7.05 Å². The summed E-state index contributed by atoms with van der Waals surface area (Å²) in [6.07, 6.45) is 3.81. The molecule has 0 saturated carbocycles. The van der Waals surface area contributed by atoms with Gasteiger partial charge in [0.1, 0.15) is 0 Å². The topological polar surface area (TPSA) is 29.3 Å². The first-order valence-corrected chi connectivity index (χ1v) is 6.04. The Morgan fingerprint density at radius 3 is 2.89 bits per heavy atom. The number of nitrogens with zero attached hydrogens (tertiary/aromatic N) is 2. The van der Waals surface area contributed by atoms with Crippen LogP contribution in [0.5, 0.6) is 0 Å². The monoisotopic (exact) mass is 237 g/mol. The van der Waals surface area contributed by atoms with Crippen molar-refractivity contribution in [1.82, 2.24) is 14.9 Å². The van der Waals surface area contributed by atoms with Crippen LogP contribution in [-0.2, 0) is 6.54 Å². The maximum atomic E-state index is 4.21. The highest BCUT2D eigenvalue weighted by Gasteiger charge is 2.01. The smallest absolute Gasteiger partial charge is 0.0667 e. The quantitative estimate of drug-likeness (QED) is 0.759. The van der Waals surface area contributed by atoms with Gasteiger partial charge in [0.2, 0.25) is 0 Å². The number of hydrogen-bond donors (Lipinski definition) is 1. The van der Waals surface area contributed by atoms with Crippen molar-refractivity contribution in [3.63, 3.8) is 0 Å². The van der Waals surface area contributed by atoms with Gasteiger partial charge < -0.3 is 5.32 Å². The second-order valence-electron chi connectivity index (χ2n) is 4.35. The highest BCUT2D eigenvalue weighted by atomic mass is 15.2. The maximum Gasteiger partial charge on any atom is 0.0667 e. The highest BCUT2D eigenvalue weighted by Crippen LogP contribution is 2.21. The van der Waals surface area contributed by atoms with Gasteiger partial charge in [-0.25, -0.2) is 4.52 Å². The van der Waals surface area contributed by atoms with Gasteiger partial charge in [0, 0.05) is 18.9 Å². The Bertz CT molecular complexity index is 670. The molecule has 0 aliphatic heterocycles. The molecular weight excluding hydrogens is 222 g/mol. The molecule has 0 saturated heterocycles. The van der Waals surface area contributed by atoms with Crippen molar-refractivity contribution in [3.8, 4) is 11.1 Å². The van der Waals surface area contributed by atoms with Crippen LogP contribution in [0.3, 0.4) is 0 Å². The molecule has 2 aromatic heterocycles. The Labute approximate surface area is 106 Å². The fourth-order valence-corrected chi connectivity index (χ4v) is 2.17. The predicted molar refractivity (Wildman–Crippen MR) is 73.4 cm³/mol. The van der Waals surface area contributed by atoms with Gasteiger partial charge in [-0.05, 0) is 48.0 Å². The standard InChI is InChI=1S/C15H15N3/c1-16-11-12-3-2-4-13(9-12)14-6-8-18-15(10-14)5-7-17-18/h2-10,16H,11H2,1H3. The molecule has 0 amide bonds. The minimum atomic E-state index is 0.892. The first-order chi connectivity index (χ1) is 8.86. The van der Waals surface area contributed by atoms with Gasteiger partial charge in [0.15, 0.2) is 0 Å². The predicted octanol–water partition coefficient (Wildman–Crippen LogP) is 2.72. The van der Waals surface area contributed by atoms with Gasteiger partial charge in [-0.2, -0.15) is 5.10 Å². The third kappa shape index (κ3) is 2.00. The molecule has 1 N–H and O–H groups in total. The minimum absolute atomic E-state index is 0.892. The number of rotatable bonds is 3.